The van der Waals surface area contributed by atoms with E-state index in [2.05, 4.69) is 77.9 Å². The highest BCUT2D eigenvalue weighted by Gasteiger charge is 2.20. The third-order valence-electron chi connectivity index (χ3n) is 8.21. The standard InChI is InChI=1S/C34H46S3/c1-7-11-15-25(9-3)19-27-21-31(35-23(27)5)33-29-17-13-14-18-30(29)34(37-33)32-22-28(24(6)36-32)20-26(10-4)16-12-8-2/h13-14,17-18,21-22,25-26H,7-12,15-16,19-20H2,1-6H3. The van der Waals surface area contributed by atoms with Crippen LogP contribution in [0.2, 0.25) is 0 Å². The topological polar surface area (TPSA) is 0 Å². The number of fused-ring (bicyclic) bond motifs is 1. The van der Waals surface area contributed by atoms with Gasteiger partial charge in [-0.05, 0) is 61.8 Å². The molecule has 0 N–H and O–H groups in total. The van der Waals surface area contributed by atoms with E-state index in [0.717, 1.165) is 11.8 Å². The molecule has 0 saturated carbocycles. The predicted octanol–water partition coefficient (Wildman–Crippen LogP) is 12.5. The van der Waals surface area contributed by atoms with E-state index in [1.165, 1.54) is 104 Å². The van der Waals surface area contributed by atoms with E-state index < -0.39 is 0 Å². The van der Waals surface area contributed by atoms with E-state index in [1.54, 1.807) is 11.1 Å². The molecule has 0 aliphatic rings. The van der Waals surface area contributed by atoms with Crippen LogP contribution in [0.25, 0.3) is 30.3 Å². The Hall–Kier alpha value is -1.42. The fraction of sp³-hybridized carbons (Fsp3) is 0.529. The Kier molecular flexibility index (Phi) is 10.5. The Bertz CT molecular complexity index is 1170. The average Bonchev–Trinajstić information content (AvgIpc) is 3.58. The van der Waals surface area contributed by atoms with Crippen molar-refractivity contribution in [3.8, 4) is 19.5 Å². The summed E-state index contributed by atoms with van der Waals surface area (Å²) >= 11 is 6.04. The van der Waals surface area contributed by atoms with Gasteiger partial charge in [-0.15, -0.1) is 34.0 Å². The van der Waals surface area contributed by atoms with Crippen molar-refractivity contribution in [2.24, 2.45) is 11.8 Å². The lowest BCUT2D eigenvalue weighted by atomic mass is 9.92. The minimum atomic E-state index is 0.813. The van der Waals surface area contributed by atoms with Gasteiger partial charge in [0.1, 0.15) is 0 Å². The van der Waals surface area contributed by atoms with Crippen molar-refractivity contribution in [2.45, 2.75) is 106 Å². The Labute approximate surface area is 238 Å². The SMILES string of the molecule is CCCCC(CC)Cc1cc(-c2sc(-c3cc(CC(CC)CCCC)c(C)s3)c3ccccc23)sc1C. The lowest BCUT2D eigenvalue weighted by molar-refractivity contribution is 0.449. The first kappa shape index (κ1) is 28.6. The van der Waals surface area contributed by atoms with Gasteiger partial charge in [0.25, 0.3) is 0 Å². The lowest BCUT2D eigenvalue weighted by Crippen LogP contribution is -2.03. The molecular weight excluding hydrogens is 505 g/mol. The third-order valence-corrected chi connectivity index (χ3v) is 12.0. The summed E-state index contributed by atoms with van der Waals surface area (Å²) in [5, 5.41) is 2.85. The maximum atomic E-state index is 2.53. The Balaban J connectivity index is 1.66. The first-order valence-electron chi connectivity index (χ1n) is 14.7. The van der Waals surface area contributed by atoms with Crippen molar-refractivity contribution >= 4 is 44.8 Å². The van der Waals surface area contributed by atoms with E-state index in [-0.39, 0.29) is 0 Å². The molecule has 0 radical (unpaired) electrons. The van der Waals surface area contributed by atoms with Gasteiger partial charge in [-0.1, -0.05) is 103 Å². The molecule has 0 aliphatic heterocycles. The fourth-order valence-electron chi connectivity index (χ4n) is 5.63. The molecule has 1 aromatic carbocycles. The zero-order valence-corrected chi connectivity index (χ0v) is 26.4. The van der Waals surface area contributed by atoms with E-state index in [9.17, 15) is 0 Å². The number of unbranched alkanes of at least 4 members (excludes halogenated alkanes) is 2. The molecule has 3 heterocycles. The summed E-state index contributed by atoms with van der Waals surface area (Å²) in [6, 6.07) is 14.2. The molecule has 0 aliphatic carbocycles. The second-order valence-corrected chi connectivity index (χ2v) is 14.5. The smallest absolute Gasteiger partial charge is 0.0528 e. The highest BCUT2D eigenvalue weighted by atomic mass is 32.1. The molecule has 4 rings (SSSR count). The van der Waals surface area contributed by atoms with Crippen LogP contribution in [0.3, 0.4) is 0 Å². The Morgan fingerprint density at radius 1 is 0.622 bits per heavy atom. The van der Waals surface area contributed by atoms with Gasteiger partial charge in [-0.3, -0.25) is 0 Å². The molecule has 0 spiro atoms. The van der Waals surface area contributed by atoms with Crippen LogP contribution in [0.15, 0.2) is 36.4 Å². The predicted molar refractivity (Wildman–Crippen MR) is 172 cm³/mol. The number of benzene rings is 1. The molecule has 0 amide bonds. The zero-order valence-electron chi connectivity index (χ0n) is 23.9. The van der Waals surface area contributed by atoms with E-state index in [4.69, 9.17) is 0 Å². The molecule has 200 valence electrons. The van der Waals surface area contributed by atoms with Crippen molar-refractivity contribution in [1.29, 1.82) is 0 Å². The van der Waals surface area contributed by atoms with Crippen LogP contribution in [0, 0.1) is 25.7 Å². The molecule has 37 heavy (non-hydrogen) atoms. The quantitative estimate of drug-likeness (QED) is 0.146. The highest BCUT2D eigenvalue weighted by molar-refractivity contribution is 7.28. The average molecular weight is 551 g/mol. The Morgan fingerprint density at radius 3 is 1.43 bits per heavy atom. The summed E-state index contributed by atoms with van der Waals surface area (Å²) in [5.41, 5.74) is 3.16. The second-order valence-electron chi connectivity index (χ2n) is 10.9. The molecular formula is C34H46S3. The van der Waals surface area contributed by atoms with Crippen molar-refractivity contribution in [1.82, 2.24) is 0 Å². The molecule has 0 fully saturated rings. The van der Waals surface area contributed by atoms with Crippen LogP contribution >= 0.6 is 34.0 Å². The van der Waals surface area contributed by atoms with Gasteiger partial charge in [0.15, 0.2) is 0 Å². The van der Waals surface area contributed by atoms with Crippen LogP contribution < -0.4 is 0 Å². The van der Waals surface area contributed by atoms with Crippen LogP contribution in [0.4, 0.5) is 0 Å². The van der Waals surface area contributed by atoms with Gasteiger partial charge in [0.05, 0.1) is 9.75 Å². The van der Waals surface area contributed by atoms with Gasteiger partial charge in [-0.25, -0.2) is 0 Å². The van der Waals surface area contributed by atoms with Gasteiger partial charge in [0, 0.05) is 30.3 Å². The third kappa shape index (κ3) is 6.78. The van der Waals surface area contributed by atoms with Crippen molar-refractivity contribution in [3.63, 3.8) is 0 Å². The van der Waals surface area contributed by atoms with Crippen LogP contribution in [0.5, 0.6) is 0 Å². The van der Waals surface area contributed by atoms with Crippen LogP contribution in [-0.2, 0) is 12.8 Å². The van der Waals surface area contributed by atoms with Crippen molar-refractivity contribution < 1.29 is 0 Å². The summed E-state index contributed by atoms with van der Waals surface area (Å²) < 4.78 is 0. The summed E-state index contributed by atoms with van der Waals surface area (Å²) in [4.78, 5) is 8.88. The van der Waals surface area contributed by atoms with Gasteiger partial charge < -0.3 is 0 Å². The number of rotatable bonds is 14. The highest BCUT2D eigenvalue weighted by Crippen LogP contribution is 2.48. The molecule has 4 aromatic rings. The lowest BCUT2D eigenvalue weighted by Gasteiger charge is -2.13. The summed E-state index contributed by atoms with van der Waals surface area (Å²) in [6.45, 7) is 14.0. The molecule has 3 heteroatoms. The van der Waals surface area contributed by atoms with E-state index in [0.29, 0.717) is 0 Å². The summed E-state index contributed by atoms with van der Waals surface area (Å²) in [5.74, 6) is 1.63. The van der Waals surface area contributed by atoms with Gasteiger partial charge in [0.2, 0.25) is 0 Å². The minimum Gasteiger partial charge on any atom is -0.139 e. The van der Waals surface area contributed by atoms with Crippen LogP contribution in [-0.4, -0.2) is 0 Å². The summed E-state index contributed by atoms with van der Waals surface area (Å²) in [6.07, 6.45) is 13.1. The molecule has 0 nitrogen and oxygen atoms in total. The maximum absolute atomic E-state index is 2.53. The van der Waals surface area contributed by atoms with Crippen molar-refractivity contribution in [2.75, 3.05) is 0 Å². The molecule has 0 bridgehead atoms. The Morgan fingerprint density at radius 2 is 1.05 bits per heavy atom. The molecule has 0 saturated heterocycles. The normalized spacial score (nSPS) is 13.5. The minimum absolute atomic E-state index is 0.813. The van der Waals surface area contributed by atoms with E-state index >= 15 is 0 Å². The summed E-state index contributed by atoms with van der Waals surface area (Å²) in [7, 11) is 0. The van der Waals surface area contributed by atoms with E-state index in [1.807, 2.05) is 34.0 Å². The van der Waals surface area contributed by atoms with Crippen molar-refractivity contribution in [3.05, 3.63) is 57.3 Å². The molecule has 2 atom stereocenters. The maximum Gasteiger partial charge on any atom is 0.0528 e. The second kappa shape index (κ2) is 13.6. The monoisotopic (exact) mass is 550 g/mol. The molecule has 2 unspecified atom stereocenters. The number of thiophene rings is 3. The number of hydrogen-bond donors (Lipinski definition) is 0. The zero-order chi connectivity index (χ0) is 26.4. The molecule has 3 aromatic heterocycles. The van der Waals surface area contributed by atoms with Gasteiger partial charge in [-0.2, -0.15) is 0 Å². The number of aryl methyl sites for hydroxylation is 2. The van der Waals surface area contributed by atoms with Gasteiger partial charge >= 0.3 is 0 Å². The van der Waals surface area contributed by atoms with Crippen LogP contribution in [0.1, 0.15) is 99.9 Å². The first-order valence-corrected chi connectivity index (χ1v) is 17.1. The fourth-order valence-corrected chi connectivity index (χ4v) is 9.25. The largest absolute Gasteiger partial charge is 0.139 e. The first-order chi connectivity index (χ1) is 18.0. The number of hydrogen-bond acceptors (Lipinski definition) is 3.